The van der Waals surface area contributed by atoms with E-state index < -0.39 is 0 Å². The molecule has 0 atom stereocenters. The normalized spacial score (nSPS) is 11.3. The standard InChI is InChI=1S/C12H15ClN2O/c1-8-6-11(4-5-12(8)14)10(3)15-16-7-9(2)13/h4-6H,2,7,14H2,1,3H3/b15-10+. The molecule has 0 aliphatic heterocycles. The first-order chi connectivity index (χ1) is 7.50. The van der Waals surface area contributed by atoms with Crippen molar-refractivity contribution in [3.8, 4) is 0 Å². The van der Waals surface area contributed by atoms with Gasteiger partial charge in [0.2, 0.25) is 0 Å². The monoisotopic (exact) mass is 238 g/mol. The maximum absolute atomic E-state index is 5.73. The van der Waals surface area contributed by atoms with Gasteiger partial charge in [0.15, 0.2) is 6.61 Å². The van der Waals surface area contributed by atoms with Gasteiger partial charge in [-0.05, 0) is 37.1 Å². The van der Waals surface area contributed by atoms with Crippen LogP contribution in [0.2, 0.25) is 0 Å². The summed E-state index contributed by atoms with van der Waals surface area (Å²) in [5.41, 5.74) is 9.28. The van der Waals surface area contributed by atoms with Gasteiger partial charge in [-0.1, -0.05) is 29.4 Å². The number of benzene rings is 1. The number of hydrogen-bond donors (Lipinski definition) is 1. The molecule has 0 heterocycles. The van der Waals surface area contributed by atoms with Crippen LogP contribution in [0.25, 0.3) is 0 Å². The molecule has 0 saturated carbocycles. The van der Waals surface area contributed by atoms with Crippen molar-refractivity contribution in [2.75, 3.05) is 12.3 Å². The Bertz CT molecular complexity index is 427. The van der Waals surface area contributed by atoms with Gasteiger partial charge in [-0.15, -0.1) is 0 Å². The van der Waals surface area contributed by atoms with Crippen LogP contribution < -0.4 is 5.73 Å². The lowest BCUT2D eigenvalue weighted by Crippen LogP contribution is -1.99. The molecule has 0 aliphatic rings. The Hall–Kier alpha value is -1.48. The number of rotatable bonds is 4. The SMILES string of the molecule is C=C(Cl)CO/N=C(\C)c1ccc(N)c(C)c1. The van der Waals surface area contributed by atoms with Crippen LogP contribution in [-0.4, -0.2) is 12.3 Å². The molecular formula is C12H15ClN2O. The van der Waals surface area contributed by atoms with Crippen LogP contribution in [0.1, 0.15) is 18.1 Å². The number of aryl methyl sites for hydroxylation is 1. The topological polar surface area (TPSA) is 47.6 Å². The van der Waals surface area contributed by atoms with Crippen molar-refractivity contribution < 1.29 is 4.84 Å². The van der Waals surface area contributed by atoms with Crippen LogP contribution in [0.15, 0.2) is 35.0 Å². The smallest absolute Gasteiger partial charge is 0.152 e. The molecule has 3 nitrogen and oxygen atoms in total. The van der Waals surface area contributed by atoms with E-state index in [0.29, 0.717) is 5.03 Å². The summed E-state index contributed by atoms with van der Waals surface area (Å²) in [5.74, 6) is 0. The van der Waals surface area contributed by atoms with Gasteiger partial charge in [0.25, 0.3) is 0 Å². The molecular weight excluding hydrogens is 224 g/mol. The largest absolute Gasteiger partial charge is 0.399 e. The summed E-state index contributed by atoms with van der Waals surface area (Å²) in [7, 11) is 0. The predicted molar refractivity (Wildman–Crippen MR) is 68.7 cm³/mol. The molecule has 0 aromatic heterocycles. The summed E-state index contributed by atoms with van der Waals surface area (Å²) in [4.78, 5) is 5.01. The van der Waals surface area contributed by atoms with Gasteiger partial charge in [-0.25, -0.2) is 0 Å². The zero-order valence-corrected chi connectivity index (χ0v) is 10.2. The molecule has 0 saturated heterocycles. The lowest BCUT2D eigenvalue weighted by molar-refractivity contribution is 0.172. The Morgan fingerprint density at radius 1 is 1.56 bits per heavy atom. The summed E-state index contributed by atoms with van der Waals surface area (Å²) in [6.07, 6.45) is 0. The molecule has 0 aliphatic carbocycles. The second-order valence-electron chi connectivity index (χ2n) is 3.54. The van der Waals surface area contributed by atoms with E-state index >= 15 is 0 Å². The molecule has 0 bridgehead atoms. The van der Waals surface area contributed by atoms with Crippen molar-refractivity contribution in [1.82, 2.24) is 0 Å². The van der Waals surface area contributed by atoms with Crippen LogP contribution in [-0.2, 0) is 4.84 Å². The van der Waals surface area contributed by atoms with E-state index in [0.717, 1.165) is 22.5 Å². The minimum absolute atomic E-state index is 0.215. The third-order valence-electron chi connectivity index (χ3n) is 2.11. The fourth-order valence-corrected chi connectivity index (χ4v) is 1.20. The highest BCUT2D eigenvalue weighted by atomic mass is 35.5. The Morgan fingerprint density at radius 2 is 2.25 bits per heavy atom. The number of nitrogens with zero attached hydrogens (tertiary/aromatic N) is 1. The first-order valence-corrected chi connectivity index (χ1v) is 5.25. The van der Waals surface area contributed by atoms with Gasteiger partial charge in [-0.2, -0.15) is 0 Å². The quantitative estimate of drug-likeness (QED) is 0.498. The number of nitrogens with two attached hydrogens (primary N) is 1. The average Bonchev–Trinajstić information content (AvgIpc) is 2.21. The van der Waals surface area contributed by atoms with E-state index in [1.54, 1.807) is 0 Å². The number of hydrogen-bond acceptors (Lipinski definition) is 3. The van der Waals surface area contributed by atoms with E-state index in [1.807, 2.05) is 32.0 Å². The van der Waals surface area contributed by atoms with Gasteiger partial charge in [0.1, 0.15) is 0 Å². The van der Waals surface area contributed by atoms with E-state index in [-0.39, 0.29) is 6.61 Å². The summed E-state index contributed by atoms with van der Waals surface area (Å²) in [6, 6.07) is 5.72. The van der Waals surface area contributed by atoms with Gasteiger partial charge in [-0.3, -0.25) is 0 Å². The first-order valence-electron chi connectivity index (χ1n) is 4.87. The number of nitrogen functional groups attached to an aromatic ring is 1. The summed E-state index contributed by atoms with van der Waals surface area (Å²) in [6.45, 7) is 7.54. The number of anilines is 1. The third kappa shape index (κ3) is 3.59. The molecule has 2 N–H and O–H groups in total. The van der Waals surface area contributed by atoms with Gasteiger partial charge in [0.05, 0.1) is 10.7 Å². The molecule has 0 radical (unpaired) electrons. The van der Waals surface area contributed by atoms with Crippen LogP contribution in [0.4, 0.5) is 5.69 Å². The van der Waals surface area contributed by atoms with Gasteiger partial charge in [0, 0.05) is 5.69 Å². The Kier molecular flexibility index (Phi) is 4.38. The second kappa shape index (κ2) is 5.56. The lowest BCUT2D eigenvalue weighted by Gasteiger charge is -2.04. The van der Waals surface area contributed by atoms with Crippen LogP contribution in [0, 0.1) is 6.92 Å². The van der Waals surface area contributed by atoms with Crippen LogP contribution in [0.3, 0.4) is 0 Å². The van der Waals surface area contributed by atoms with E-state index in [2.05, 4.69) is 11.7 Å². The van der Waals surface area contributed by atoms with Crippen molar-refractivity contribution in [2.45, 2.75) is 13.8 Å². The molecule has 0 spiro atoms. The van der Waals surface area contributed by atoms with E-state index in [1.165, 1.54) is 0 Å². The highest BCUT2D eigenvalue weighted by Crippen LogP contribution is 2.13. The van der Waals surface area contributed by atoms with E-state index in [4.69, 9.17) is 22.2 Å². The molecule has 16 heavy (non-hydrogen) atoms. The average molecular weight is 239 g/mol. The minimum Gasteiger partial charge on any atom is -0.399 e. The van der Waals surface area contributed by atoms with Crippen molar-refractivity contribution in [3.63, 3.8) is 0 Å². The Morgan fingerprint density at radius 3 is 2.81 bits per heavy atom. The highest BCUT2D eigenvalue weighted by molar-refractivity contribution is 6.29. The summed E-state index contributed by atoms with van der Waals surface area (Å²) >= 11 is 5.55. The fourth-order valence-electron chi connectivity index (χ4n) is 1.15. The molecule has 0 amide bonds. The van der Waals surface area contributed by atoms with Crippen LogP contribution >= 0.6 is 11.6 Å². The molecule has 1 rings (SSSR count). The second-order valence-corrected chi connectivity index (χ2v) is 4.07. The molecule has 1 aromatic rings. The van der Waals surface area contributed by atoms with E-state index in [9.17, 15) is 0 Å². The fraction of sp³-hybridized carbons (Fsp3) is 0.250. The molecule has 0 unspecified atom stereocenters. The Labute approximate surface area is 101 Å². The lowest BCUT2D eigenvalue weighted by atomic mass is 10.1. The van der Waals surface area contributed by atoms with Crippen molar-refractivity contribution >= 4 is 23.0 Å². The summed E-state index contributed by atoms with van der Waals surface area (Å²) in [5, 5.41) is 4.36. The van der Waals surface area contributed by atoms with Crippen LogP contribution in [0.5, 0.6) is 0 Å². The minimum atomic E-state index is 0.215. The molecule has 0 fully saturated rings. The Balaban J connectivity index is 2.75. The maximum atomic E-state index is 5.73. The van der Waals surface area contributed by atoms with Crippen molar-refractivity contribution in [2.24, 2.45) is 5.16 Å². The van der Waals surface area contributed by atoms with Crippen molar-refractivity contribution in [1.29, 1.82) is 0 Å². The molecule has 1 aromatic carbocycles. The zero-order valence-electron chi connectivity index (χ0n) is 9.46. The number of oxime groups is 1. The highest BCUT2D eigenvalue weighted by Gasteiger charge is 2.00. The van der Waals surface area contributed by atoms with Gasteiger partial charge < -0.3 is 10.6 Å². The summed E-state index contributed by atoms with van der Waals surface area (Å²) < 4.78 is 0. The first kappa shape index (κ1) is 12.6. The zero-order chi connectivity index (χ0) is 12.1. The number of halogens is 1. The molecule has 86 valence electrons. The van der Waals surface area contributed by atoms with Crippen molar-refractivity contribution in [3.05, 3.63) is 40.9 Å². The molecule has 4 heteroatoms. The predicted octanol–water partition coefficient (Wildman–Crippen LogP) is 3.07. The van der Waals surface area contributed by atoms with Gasteiger partial charge >= 0.3 is 0 Å². The maximum Gasteiger partial charge on any atom is 0.152 e. The third-order valence-corrected chi connectivity index (χ3v) is 2.22.